The van der Waals surface area contributed by atoms with E-state index in [1.54, 1.807) is 18.3 Å². The van der Waals surface area contributed by atoms with Crippen LogP contribution in [0.1, 0.15) is 42.5 Å². The molecule has 2 aliphatic heterocycles. The van der Waals surface area contributed by atoms with Crippen LogP contribution in [0.25, 0.3) is 0 Å². The molecule has 3 rings (SSSR count). The van der Waals surface area contributed by atoms with Crippen molar-refractivity contribution in [2.75, 3.05) is 12.8 Å². The Bertz CT molecular complexity index is 490. The van der Waals surface area contributed by atoms with Crippen LogP contribution < -0.4 is 11.1 Å². The van der Waals surface area contributed by atoms with E-state index in [0.29, 0.717) is 23.5 Å². The molecule has 2 saturated heterocycles. The Labute approximate surface area is 119 Å². The number of hydrogen-bond acceptors (Lipinski definition) is 4. The van der Waals surface area contributed by atoms with Crippen LogP contribution in [0.2, 0.25) is 0 Å². The predicted octanol–water partition coefficient (Wildman–Crippen LogP) is 1.41. The summed E-state index contributed by atoms with van der Waals surface area (Å²) in [7, 11) is 2.21. The van der Waals surface area contributed by atoms with Crippen molar-refractivity contribution in [3.05, 3.63) is 23.9 Å². The number of nitrogens with one attached hydrogen (secondary N) is 1. The molecule has 5 heteroatoms. The lowest BCUT2D eigenvalue weighted by molar-refractivity contribution is 0.0463. The average molecular weight is 274 g/mol. The number of piperidine rings is 2. The molecule has 1 amide bonds. The standard InChI is InChI=1S/C15H22N4O/c1-19-11-4-2-5-12(19)9-10(8-11)18-15(20)13-6-3-7-17-14(13)16/h3,6-7,10-12H,2,4-5,8-9H2,1H3,(H2,16,17)(H,18,20). The quantitative estimate of drug-likeness (QED) is 0.855. The van der Waals surface area contributed by atoms with Crippen LogP contribution >= 0.6 is 0 Å². The first-order chi connectivity index (χ1) is 9.65. The third kappa shape index (κ3) is 2.50. The normalized spacial score (nSPS) is 29.9. The molecule has 2 bridgehead atoms. The van der Waals surface area contributed by atoms with Crippen LogP contribution in [0.4, 0.5) is 5.82 Å². The number of aromatic nitrogens is 1. The van der Waals surface area contributed by atoms with Crippen molar-refractivity contribution in [2.24, 2.45) is 0 Å². The highest BCUT2D eigenvalue weighted by molar-refractivity contribution is 5.98. The Balaban J connectivity index is 1.67. The molecule has 2 aliphatic rings. The lowest BCUT2D eigenvalue weighted by atomic mass is 9.82. The third-order valence-corrected chi connectivity index (χ3v) is 4.76. The molecule has 5 nitrogen and oxygen atoms in total. The van der Waals surface area contributed by atoms with Gasteiger partial charge in [-0.1, -0.05) is 6.42 Å². The number of pyridine rings is 1. The first-order valence-corrected chi connectivity index (χ1v) is 7.38. The summed E-state index contributed by atoms with van der Waals surface area (Å²) in [5, 5.41) is 3.14. The van der Waals surface area contributed by atoms with Crippen molar-refractivity contribution >= 4 is 11.7 Å². The molecule has 2 unspecified atom stereocenters. The van der Waals surface area contributed by atoms with Gasteiger partial charge in [0.25, 0.3) is 5.91 Å². The Hall–Kier alpha value is -1.62. The third-order valence-electron chi connectivity index (χ3n) is 4.76. The molecule has 20 heavy (non-hydrogen) atoms. The Morgan fingerprint density at radius 1 is 1.40 bits per heavy atom. The van der Waals surface area contributed by atoms with E-state index in [1.807, 2.05) is 0 Å². The predicted molar refractivity (Wildman–Crippen MR) is 78.3 cm³/mol. The van der Waals surface area contributed by atoms with Gasteiger partial charge in [0, 0.05) is 24.3 Å². The van der Waals surface area contributed by atoms with Gasteiger partial charge in [-0.15, -0.1) is 0 Å². The maximum absolute atomic E-state index is 12.3. The summed E-state index contributed by atoms with van der Waals surface area (Å²) in [5.74, 6) is 0.210. The van der Waals surface area contributed by atoms with Crippen molar-refractivity contribution in [3.8, 4) is 0 Å². The molecular weight excluding hydrogens is 252 g/mol. The average Bonchev–Trinajstić information content (AvgIpc) is 2.40. The number of nitrogen functional groups attached to an aromatic ring is 1. The van der Waals surface area contributed by atoms with Crippen LogP contribution in [0.15, 0.2) is 18.3 Å². The van der Waals surface area contributed by atoms with Crippen molar-refractivity contribution in [2.45, 2.75) is 50.2 Å². The number of carbonyl (C=O) groups excluding carboxylic acids is 1. The number of nitrogens with zero attached hydrogens (tertiary/aromatic N) is 2. The molecule has 0 aromatic carbocycles. The van der Waals surface area contributed by atoms with Gasteiger partial charge in [-0.05, 0) is 44.9 Å². The van der Waals surface area contributed by atoms with Crippen LogP contribution in [0, 0.1) is 0 Å². The maximum Gasteiger partial charge on any atom is 0.255 e. The van der Waals surface area contributed by atoms with Crippen LogP contribution in [0.3, 0.4) is 0 Å². The monoisotopic (exact) mass is 274 g/mol. The minimum Gasteiger partial charge on any atom is -0.383 e. The summed E-state index contributed by atoms with van der Waals surface area (Å²) in [6, 6.07) is 4.95. The number of hydrogen-bond donors (Lipinski definition) is 2. The highest BCUT2D eigenvalue weighted by Gasteiger charge is 2.36. The summed E-state index contributed by atoms with van der Waals surface area (Å²) in [5.41, 5.74) is 6.24. The van der Waals surface area contributed by atoms with Crippen molar-refractivity contribution in [1.82, 2.24) is 15.2 Å². The van der Waals surface area contributed by atoms with Crippen molar-refractivity contribution in [1.29, 1.82) is 0 Å². The van der Waals surface area contributed by atoms with Crippen LogP contribution in [-0.2, 0) is 0 Å². The summed E-state index contributed by atoms with van der Waals surface area (Å²) >= 11 is 0. The number of amides is 1. The number of rotatable bonds is 2. The first-order valence-electron chi connectivity index (χ1n) is 7.38. The van der Waals surface area contributed by atoms with Gasteiger partial charge in [0.1, 0.15) is 5.82 Å². The molecule has 3 heterocycles. The molecule has 1 aromatic rings. The molecule has 0 saturated carbocycles. The van der Waals surface area contributed by atoms with E-state index in [1.165, 1.54) is 19.3 Å². The molecule has 1 aromatic heterocycles. The van der Waals surface area contributed by atoms with Gasteiger partial charge in [0.15, 0.2) is 0 Å². The van der Waals surface area contributed by atoms with E-state index in [-0.39, 0.29) is 11.9 Å². The smallest absolute Gasteiger partial charge is 0.255 e. The summed E-state index contributed by atoms with van der Waals surface area (Å²) in [6.45, 7) is 0. The van der Waals surface area contributed by atoms with E-state index in [2.05, 4.69) is 22.2 Å². The van der Waals surface area contributed by atoms with E-state index in [0.717, 1.165) is 12.8 Å². The molecule has 2 fully saturated rings. The molecule has 0 aliphatic carbocycles. The fraction of sp³-hybridized carbons (Fsp3) is 0.600. The van der Waals surface area contributed by atoms with Gasteiger partial charge < -0.3 is 16.0 Å². The fourth-order valence-electron chi connectivity index (χ4n) is 3.61. The lowest BCUT2D eigenvalue weighted by Crippen LogP contribution is -2.55. The Morgan fingerprint density at radius 2 is 2.10 bits per heavy atom. The van der Waals surface area contributed by atoms with E-state index < -0.39 is 0 Å². The zero-order valence-corrected chi connectivity index (χ0v) is 11.9. The highest BCUT2D eigenvalue weighted by Crippen LogP contribution is 2.32. The van der Waals surface area contributed by atoms with E-state index in [4.69, 9.17) is 5.73 Å². The SMILES string of the molecule is CN1C2CCCC1CC(NC(=O)c1cccnc1N)C2. The molecule has 3 N–H and O–H groups in total. The van der Waals surface area contributed by atoms with Crippen molar-refractivity contribution in [3.63, 3.8) is 0 Å². The molecule has 0 spiro atoms. The fourth-order valence-corrected chi connectivity index (χ4v) is 3.61. The van der Waals surface area contributed by atoms with Gasteiger partial charge in [0.05, 0.1) is 5.56 Å². The number of nitrogens with two attached hydrogens (primary N) is 1. The topological polar surface area (TPSA) is 71.2 Å². The first kappa shape index (κ1) is 13.4. The second kappa shape index (κ2) is 5.40. The molecule has 2 atom stereocenters. The zero-order chi connectivity index (χ0) is 14.1. The van der Waals surface area contributed by atoms with Crippen LogP contribution in [-0.4, -0.2) is 41.0 Å². The van der Waals surface area contributed by atoms with Gasteiger partial charge >= 0.3 is 0 Å². The Kier molecular flexibility index (Phi) is 3.61. The van der Waals surface area contributed by atoms with E-state index in [9.17, 15) is 4.79 Å². The summed E-state index contributed by atoms with van der Waals surface area (Å²) in [6.07, 6.45) is 7.49. The minimum absolute atomic E-state index is 0.0942. The summed E-state index contributed by atoms with van der Waals surface area (Å²) < 4.78 is 0. The number of anilines is 1. The van der Waals surface area contributed by atoms with Gasteiger partial charge in [-0.3, -0.25) is 4.79 Å². The molecule has 108 valence electrons. The second-order valence-electron chi connectivity index (χ2n) is 5.98. The minimum atomic E-state index is -0.0942. The van der Waals surface area contributed by atoms with Gasteiger partial charge in [0.2, 0.25) is 0 Å². The van der Waals surface area contributed by atoms with E-state index >= 15 is 0 Å². The summed E-state index contributed by atoms with van der Waals surface area (Å²) in [4.78, 5) is 18.8. The largest absolute Gasteiger partial charge is 0.383 e. The number of carbonyl (C=O) groups is 1. The van der Waals surface area contributed by atoms with Gasteiger partial charge in [-0.25, -0.2) is 4.98 Å². The lowest BCUT2D eigenvalue weighted by Gasteiger charge is -2.47. The molecule has 0 radical (unpaired) electrons. The van der Waals surface area contributed by atoms with Crippen LogP contribution in [0.5, 0.6) is 0 Å². The second-order valence-corrected chi connectivity index (χ2v) is 5.98. The zero-order valence-electron chi connectivity index (χ0n) is 11.9. The van der Waals surface area contributed by atoms with Crippen molar-refractivity contribution < 1.29 is 4.79 Å². The Morgan fingerprint density at radius 3 is 2.75 bits per heavy atom. The molecular formula is C15H22N4O. The van der Waals surface area contributed by atoms with Gasteiger partial charge in [-0.2, -0.15) is 0 Å². The highest BCUT2D eigenvalue weighted by atomic mass is 16.1. The maximum atomic E-state index is 12.3. The number of fused-ring (bicyclic) bond motifs is 2.